The Labute approximate surface area is 94.2 Å². The molecular formula is C10H12ClN3O. The Morgan fingerprint density at radius 1 is 1.33 bits per heavy atom. The monoisotopic (exact) mass is 225 g/mol. The molecule has 1 aromatic carbocycles. The van der Waals surface area contributed by atoms with Gasteiger partial charge < -0.3 is 5.73 Å². The Bertz CT molecular complexity index is 400. The van der Waals surface area contributed by atoms with Crippen molar-refractivity contribution >= 4 is 35.4 Å². The molecule has 0 saturated heterocycles. The highest BCUT2D eigenvalue weighted by atomic mass is 35.5. The Morgan fingerprint density at radius 2 is 1.93 bits per heavy atom. The zero-order valence-corrected chi connectivity index (χ0v) is 9.12. The van der Waals surface area contributed by atoms with E-state index in [9.17, 15) is 4.79 Å². The molecule has 0 atom stereocenters. The Hall–Kier alpha value is -1.55. The third kappa shape index (κ3) is 2.27. The van der Waals surface area contributed by atoms with Crippen LogP contribution in [0.15, 0.2) is 29.4 Å². The molecule has 0 spiro atoms. The van der Waals surface area contributed by atoms with E-state index in [4.69, 9.17) is 5.73 Å². The summed E-state index contributed by atoms with van der Waals surface area (Å²) >= 11 is 0. The number of nitrogens with two attached hydrogens (primary N) is 1. The van der Waals surface area contributed by atoms with E-state index >= 15 is 0 Å². The van der Waals surface area contributed by atoms with Gasteiger partial charge in [-0.25, -0.2) is 5.01 Å². The van der Waals surface area contributed by atoms with Crippen molar-refractivity contribution in [1.82, 2.24) is 0 Å². The van der Waals surface area contributed by atoms with Gasteiger partial charge in [-0.1, -0.05) is 0 Å². The molecule has 1 aliphatic rings. The van der Waals surface area contributed by atoms with Gasteiger partial charge in [0.2, 0.25) is 0 Å². The maximum absolute atomic E-state index is 11.5. The first-order valence-corrected chi connectivity index (χ1v) is 4.39. The molecule has 0 aliphatic carbocycles. The quantitative estimate of drug-likeness (QED) is 0.741. The third-order valence-corrected chi connectivity index (χ3v) is 2.05. The molecule has 0 radical (unpaired) electrons. The second-order valence-corrected chi connectivity index (χ2v) is 3.31. The number of hydrogen-bond acceptors (Lipinski definition) is 3. The molecule has 0 bridgehead atoms. The summed E-state index contributed by atoms with van der Waals surface area (Å²) in [6, 6.07) is 7.09. The van der Waals surface area contributed by atoms with Crippen molar-refractivity contribution in [1.29, 1.82) is 0 Å². The summed E-state index contributed by atoms with van der Waals surface area (Å²) < 4.78 is 0. The molecule has 80 valence electrons. The highest BCUT2D eigenvalue weighted by Crippen LogP contribution is 2.21. The van der Waals surface area contributed by atoms with Crippen molar-refractivity contribution in [3.63, 3.8) is 0 Å². The van der Waals surface area contributed by atoms with Crippen LogP contribution in [0.25, 0.3) is 0 Å². The lowest BCUT2D eigenvalue weighted by Gasteiger charge is -2.11. The van der Waals surface area contributed by atoms with Crippen molar-refractivity contribution in [2.24, 2.45) is 5.10 Å². The minimum absolute atomic E-state index is 0. The SMILES string of the molecule is CC1=NN(c2ccc(N)cc2)C(=O)C1.Cl. The van der Waals surface area contributed by atoms with Crippen LogP contribution in [0.1, 0.15) is 13.3 Å². The fourth-order valence-corrected chi connectivity index (χ4v) is 1.37. The number of benzene rings is 1. The molecule has 0 fully saturated rings. The summed E-state index contributed by atoms with van der Waals surface area (Å²) in [5.41, 5.74) is 7.83. The van der Waals surface area contributed by atoms with Crippen molar-refractivity contribution in [2.75, 3.05) is 10.7 Å². The maximum Gasteiger partial charge on any atom is 0.253 e. The smallest absolute Gasteiger partial charge is 0.253 e. The summed E-state index contributed by atoms with van der Waals surface area (Å²) in [4.78, 5) is 11.5. The first-order valence-electron chi connectivity index (χ1n) is 4.39. The zero-order chi connectivity index (χ0) is 10.1. The van der Waals surface area contributed by atoms with Crippen LogP contribution in [-0.2, 0) is 4.79 Å². The summed E-state index contributed by atoms with van der Waals surface area (Å²) in [7, 11) is 0. The van der Waals surface area contributed by atoms with Gasteiger partial charge in [0.15, 0.2) is 0 Å². The predicted octanol–water partition coefficient (Wildman–Crippen LogP) is 1.80. The topological polar surface area (TPSA) is 58.7 Å². The Balaban J connectivity index is 0.00000112. The van der Waals surface area contributed by atoms with Gasteiger partial charge in [0.1, 0.15) is 0 Å². The van der Waals surface area contributed by atoms with Crippen molar-refractivity contribution in [3.8, 4) is 0 Å². The van der Waals surface area contributed by atoms with Gasteiger partial charge in [-0.05, 0) is 31.2 Å². The number of halogens is 1. The van der Waals surface area contributed by atoms with Gasteiger partial charge in [0.25, 0.3) is 5.91 Å². The second-order valence-electron chi connectivity index (χ2n) is 3.31. The molecule has 2 N–H and O–H groups in total. The molecule has 2 rings (SSSR count). The standard InChI is InChI=1S/C10H11N3O.ClH/c1-7-6-10(14)13(12-7)9-4-2-8(11)3-5-9;/h2-5H,6,11H2,1H3;1H. The Kier molecular flexibility index (Phi) is 3.31. The van der Waals surface area contributed by atoms with Crippen molar-refractivity contribution in [2.45, 2.75) is 13.3 Å². The number of amides is 1. The van der Waals surface area contributed by atoms with E-state index in [2.05, 4.69) is 5.10 Å². The van der Waals surface area contributed by atoms with Crippen LogP contribution in [0.2, 0.25) is 0 Å². The number of rotatable bonds is 1. The first-order chi connectivity index (χ1) is 6.66. The number of nitrogens with zero attached hydrogens (tertiary/aromatic N) is 2. The number of carbonyl (C=O) groups is 1. The van der Waals surface area contributed by atoms with Gasteiger partial charge in [0, 0.05) is 11.4 Å². The van der Waals surface area contributed by atoms with E-state index in [0.717, 1.165) is 11.4 Å². The lowest BCUT2D eigenvalue weighted by molar-refractivity contribution is -0.116. The van der Waals surface area contributed by atoms with Crippen LogP contribution in [0.3, 0.4) is 0 Å². The van der Waals surface area contributed by atoms with Gasteiger partial charge in [-0.3, -0.25) is 4.79 Å². The number of hydrazone groups is 1. The lowest BCUT2D eigenvalue weighted by Crippen LogP contribution is -2.19. The van der Waals surface area contributed by atoms with Crippen LogP contribution in [0.4, 0.5) is 11.4 Å². The predicted molar refractivity (Wildman–Crippen MR) is 63.3 cm³/mol. The highest BCUT2D eigenvalue weighted by Gasteiger charge is 2.22. The van der Waals surface area contributed by atoms with E-state index in [-0.39, 0.29) is 18.3 Å². The molecule has 1 aliphatic heterocycles. The number of hydrogen-bond donors (Lipinski definition) is 1. The zero-order valence-electron chi connectivity index (χ0n) is 8.30. The largest absolute Gasteiger partial charge is 0.399 e. The van der Waals surface area contributed by atoms with Crippen molar-refractivity contribution < 1.29 is 4.79 Å². The van der Waals surface area contributed by atoms with Crippen LogP contribution in [0, 0.1) is 0 Å². The summed E-state index contributed by atoms with van der Waals surface area (Å²) in [6.07, 6.45) is 0.407. The van der Waals surface area contributed by atoms with Gasteiger partial charge in [-0.2, -0.15) is 5.10 Å². The van der Waals surface area contributed by atoms with Crippen LogP contribution < -0.4 is 10.7 Å². The third-order valence-electron chi connectivity index (χ3n) is 2.05. The minimum Gasteiger partial charge on any atom is -0.399 e. The van der Waals surface area contributed by atoms with Gasteiger partial charge >= 0.3 is 0 Å². The summed E-state index contributed by atoms with van der Waals surface area (Å²) in [5.74, 6) is 0.00673. The van der Waals surface area contributed by atoms with Crippen molar-refractivity contribution in [3.05, 3.63) is 24.3 Å². The van der Waals surface area contributed by atoms with E-state index in [1.807, 2.05) is 6.92 Å². The fourth-order valence-electron chi connectivity index (χ4n) is 1.37. The van der Waals surface area contributed by atoms with E-state index in [1.54, 1.807) is 24.3 Å². The molecule has 0 aromatic heterocycles. The van der Waals surface area contributed by atoms with E-state index in [1.165, 1.54) is 5.01 Å². The molecule has 1 amide bonds. The average Bonchev–Trinajstić information content (AvgIpc) is 2.47. The number of carbonyl (C=O) groups excluding carboxylic acids is 1. The molecule has 0 unspecified atom stereocenters. The molecule has 1 heterocycles. The second kappa shape index (κ2) is 4.31. The highest BCUT2D eigenvalue weighted by molar-refractivity contribution is 6.12. The molecule has 4 nitrogen and oxygen atoms in total. The number of anilines is 2. The molecule has 1 aromatic rings. The molecule has 5 heteroatoms. The van der Waals surface area contributed by atoms with Crippen LogP contribution >= 0.6 is 12.4 Å². The molecular weight excluding hydrogens is 214 g/mol. The maximum atomic E-state index is 11.5. The summed E-state index contributed by atoms with van der Waals surface area (Å²) in [5, 5.41) is 5.54. The number of nitrogen functional groups attached to an aromatic ring is 1. The molecule has 0 saturated carbocycles. The average molecular weight is 226 g/mol. The van der Waals surface area contributed by atoms with Crippen LogP contribution in [-0.4, -0.2) is 11.6 Å². The minimum atomic E-state index is 0. The van der Waals surface area contributed by atoms with E-state index in [0.29, 0.717) is 12.1 Å². The van der Waals surface area contributed by atoms with Gasteiger partial charge in [-0.15, -0.1) is 12.4 Å². The summed E-state index contributed by atoms with van der Waals surface area (Å²) in [6.45, 7) is 1.84. The fraction of sp³-hybridized carbons (Fsp3) is 0.200. The molecule has 15 heavy (non-hydrogen) atoms. The lowest BCUT2D eigenvalue weighted by atomic mass is 10.2. The van der Waals surface area contributed by atoms with Gasteiger partial charge in [0.05, 0.1) is 12.1 Å². The van der Waals surface area contributed by atoms with Crippen LogP contribution in [0.5, 0.6) is 0 Å². The first kappa shape index (κ1) is 11.5. The van der Waals surface area contributed by atoms with E-state index < -0.39 is 0 Å². The Morgan fingerprint density at radius 3 is 2.40 bits per heavy atom. The normalized spacial score (nSPS) is 14.9.